The van der Waals surface area contributed by atoms with Gasteiger partial charge in [-0.2, -0.15) is 4.31 Å². The minimum Gasteiger partial charge on any atom is -0.374 e. The first-order valence-electron chi connectivity index (χ1n) is 10.4. The Bertz CT molecular complexity index is 811. The number of hydrogen-bond donors (Lipinski definition) is 1. The van der Waals surface area contributed by atoms with Gasteiger partial charge >= 0.3 is 6.03 Å². The molecule has 1 aromatic carbocycles. The van der Waals surface area contributed by atoms with Crippen LogP contribution in [0.4, 0.5) is 4.79 Å². The van der Waals surface area contributed by atoms with Gasteiger partial charge in [0.05, 0.1) is 17.6 Å². The van der Waals surface area contributed by atoms with Gasteiger partial charge in [-0.15, -0.1) is 0 Å². The lowest BCUT2D eigenvalue weighted by atomic mass is 10.2. The van der Waals surface area contributed by atoms with Crippen molar-refractivity contribution in [3.63, 3.8) is 0 Å². The molecule has 2 fully saturated rings. The van der Waals surface area contributed by atoms with E-state index < -0.39 is 10.0 Å². The normalized spacial score (nSPS) is 21.7. The number of rotatable bonds is 6. The zero-order valence-corrected chi connectivity index (χ0v) is 19.2. The van der Waals surface area contributed by atoms with E-state index in [0.29, 0.717) is 37.2 Å². The first kappa shape index (κ1) is 23.3. The Kier molecular flexibility index (Phi) is 7.98. The molecule has 0 aromatic heterocycles. The number of carbonyl (C=O) groups is 1. The van der Waals surface area contributed by atoms with E-state index >= 15 is 0 Å². The van der Waals surface area contributed by atoms with Crippen molar-refractivity contribution < 1.29 is 17.9 Å². The largest absolute Gasteiger partial charge is 0.374 e. The molecule has 10 heteroatoms. The van der Waals surface area contributed by atoms with Gasteiger partial charge < -0.3 is 15.0 Å². The number of hydrogen-bond acceptors (Lipinski definition) is 5. The Labute approximate surface area is 184 Å². The third-order valence-electron chi connectivity index (χ3n) is 5.30. The van der Waals surface area contributed by atoms with Crippen molar-refractivity contribution in [2.75, 3.05) is 59.0 Å². The van der Waals surface area contributed by atoms with Crippen molar-refractivity contribution in [1.82, 2.24) is 19.4 Å². The second kappa shape index (κ2) is 10.3. The lowest BCUT2D eigenvalue weighted by molar-refractivity contribution is -0.0294. The van der Waals surface area contributed by atoms with E-state index in [0.717, 1.165) is 19.6 Å². The number of amides is 2. The van der Waals surface area contributed by atoms with E-state index in [-0.39, 0.29) is 30.1 Å². The minimum absolute atomic E-state index is 0.0204. The van der Waals surface area contributed by atoms with Crippen LogP contribution in [0, 0.1) is 5.92 Å². The monoisotopic (exact) mass is 458 g/mol. The molecule has 168 valence electrons. The molecule has 0 spiro atoms. The van der Waals surface area contributed by atoms with Gasteiger partial charge in [0.25, 0.3) is 0 Å². The fraction of sp³-hybridized carbons (Fsp3) is 0.650. The highest BCUT2D eigenvalue weighted by Gasteiger charge is 2.30. The average molecular weight is 459 g/mol. The third-order valence-corrected chi connectivity index (χ3v) is 7.47. The highest BCUT2D eigenvalue weighted by molar-refractivity contribution is 7.89. The van der Waals surface area contributed by atoms with E-state index in [1.54, 1.807) is 17.0 Å². The van der Waals surface area contributed by atoms with Crippen LogP contribution in [0.3, 0.4) is 0 Å². The molecule has 0 bridgehead atoms. The SMILES string of the molecule is CC(C)CN1CCO[C@H](CNC(=O)N2CCN(S(=O)(=O)c3ccc(Cl)cc3)CC2)C1. The van der Waals surface area contributed by atoms with Crippen LogP contribution in [-0.2, 0) is 14.8 Å². The zero-order chi connectivity index (χ0) is 21.7. The number of urea groups is 1. The first-order valence-corrected chi connectivity index (χ1v) is 12.2. The number of benzene rings is 1. The van der Waals surface area contributed by atoms with Crippen LogP contribution < -0.4 is 5.32 Å². The van der Waals surface area contributed by atoms with E-state index in [4.69, 9.17) is 16.3 Å². The molecular weight excluding hydrogens is 428 g/mol. The van der Waals surface area contributed by atoms with Gasteiger partial charge in [-0.3, -0.25) is 4.90 Å². The molecule has 0 radical (unpaired) electrons. The van der Waals surface area contributed by atoms with Crippen LogP contribution in [0.15, 0.2) is 29.2 Å². The summed E-state index contributed by atoms with van der Waals surface area (Å²) in [7, 11) is -3.58. The minimum atomic E-state index is -3.58. The van der Waals surface area contributed by atoms with Gasteiger partial charge in [-0.1, -0.05) is 25.4 Å². The lowest BCUT2D eigenvalue weighted by Crippen LogP contribution is -2.55. The van der Waals surface area contributed by atoms with E-state index in [1.165, 1.54) is 16.4 Å². The van der Waals surface area contributed by atoms with Crippen molar-refractivity contribution in [3.05, 3.63) is 29.3 Å². The Balaban J connectivity index is 1.45. The number of ether oxygens (including phenoxy) is 1. The molecule has 0 unspecified atom stereocenters. The van der Waals surface area contributed by atoms with Gasteiger partial charge in [0.1, 0.15) is 0 Å². The number of halogens is 1. The fourth-order valence-electron chi connectivity index (χ4n) is 3.79. The van der Waals surface area contributed by atoms with Crippen LogP contribution in [0.1, 0.15) is 13.8 Å². The van der Waals surface area contributed by atoms with E-state index in [9.17, 15) is 13.2 Å². The summed E-state index contributed by atoms with van der Waals surface area (Å²) in [6, 6.07) is 5.96. The van der Waals surface area contributed by atoms with Crippen molar-refractivity contribution >= 4 is 27.7 Å². The standard InChI is InChI=1S/C20H31ClN4O4S/c1-16(2)14-23-11-12-29-18(15-23)13-22-20(26)24-7-9-25(10-8-24)30(27,28)19-5-3-17(21)4-6-19/h3-6,16,18H,7-15H2,1-2H3,(H,22,26)/t18-/m1/s1. The van der Waals surface area contributed by atoms with Crippen molar-refractivity contribution in [1.29, 1.82) is 0 Å². The number of nitrogens with zero attached hydrogens (tertiary/aromatic N) is 3. The molecule has 0 saturated carbocycles. The van der Waals surface area contributed by atoms with Crippen molar-refractivity contribution in [3.8, 4) is 0 Å². The molecule has 0 aliphatic carbocycles. The number of morpholine rings is 1. The van der Waals surface area contributed by atoms with Crippen LogP contribution in [0.25, 0.3) is 0 Å². The first-order chi connectivity index (χ1) is 14.3. The summed E-state index contributed by atoms with van der Waals surface area (Å²) in [5.74, 6) is 0.596. The zero-order valence-electron chi connectivity index (χ0n) is 17.6. The Morgan fingerprint density at radius 2 is 1.83 bits per heavy atom. The van der Waals surface area contributed by atoms with Crippen molar-refractivity contribution in [2.24, 2.45) is 5.92 Å². The van der Waals surface area contributed by atoms with Gasteiger partial charge in [0.15, 0.2) is 0 Å². The molecule has 2 saturated heterocycles. The maximum absolute atomic E-state index is 12.8. The Morgan fingerprint density at radius 3 is 2.47 bits per heavy atom. The van der Waals surface area contributed by atoms with Gasteiger partial charge in [0.2, 0.25) is 10.0 Å². The number of carbonyl (C=O) groups excluding carboxylic acids is 1. The second-order valence-electron chi connectivity index (χ2n) is 8.18. The molecular formula is C20H31ClN4O4S. The fourth-order valence-corrected chi connectivity index (χ4v) is 5.33. The Morgan fingerprint density at radius 1 is 1.17 bits per heavy atom. The maximum atomic E-state index is 12.8. The van der Waals surface area contributed by atoms with E-state index in [1.807, 2.05) is 0 Å². The van der Waals surface area contributed by atoms with Crippen LogP contribution >= 0.6 is 11.6 Å². The lowest BCUT2D eigenvalue weighted by Gasteiger charge is -2.36. The molecule has 2 aliphatic heterocycles. The summed E-state index contributed by atoms with van der Waals surface area (Å²) >= 11 is 5.85. The summed E-state index contributed by atoms with van der Waals surface area (Å²) < 4.78 is 32.7. The molecule has 2 amide bonds. The van der Waals surface area contributed by atoms with Crippen LogP contribution in [0.5, 0.6) is 0 Å². The maximum Gasteiger partial charge on any atom is 0.317 e. The highest BCUT2D eigenvalue weighted by Crippen LogP contribution is 2.20. The smallest absolute Gasteiger partial charge is 0.317 e. The molecule has 3 rings (SSSR count). The highest BCUT2D eigenvalue weighted by atomic mass is 35.5. The molecule has 8 nitrogen and oxygen atoms in total. The summed E-state index contributed by atoms with van der Waals surface area (Å²) in [6.45, 7) is 9.51. The number of sulfonamides is 1. The number of nitrogens with one attached hydrogen (secondary N) is 1. The molecule has 1 aromatic rings. The van der Waals surface area contributed by atoms with Crippen molar-refractivity contribution in [2.45, 2.75) is 24.8 Å². The van der Waals surface area contributed by atoms with E-state index in [2.05, 4.69) is 24.1 Å². The van der Waals surface area contributed by atoms with Gasteiger partial charge in [-0.25, -0.2) is 13.2 Å². The molecule has 2 aliphatic rings. The summed E-state index contributed by atoms with van der Waals surface area (Å²) in [5, 5.41) is 3.43. The summed E-state index contributed by atoms with van der Waals surface area (Å²) in [5.41, 5.74) is 0. The topological polar surface area (TPSA) is 82.2 Å². The summed E-state index contributed by atoms with van der Waals surface area (Å²) in [4.78, 5) is 16.8. The second-order valence-corrected chi connectivity index (χ2v) is 10.6. The summed E-state index contributed by atoms with van der Waals surface area (Å²) in [6.07, 6.45) is -0.0204. The number of piperazine rings is 1. The molecule has 1 atom stereocenters. The van der Waals surface area contributed by atoms with Crippen LogP contribution in [0.2, 0.25) is 5.02 Å². The predicted octanol–water partition coefficient (Wildman–Crippen LogP) is 1.71. The average Bonchev–Trinajstić information content (AvgIpc) is 2.72. The van der Waals surface area contributed by atoms with Crippen LogP contribution in [-0.4, -0.2) is 93.6 Å². The quantitative estimate of drug-likeness (QED) is 0.701. The molecule has 1 N–H and O–H groups in total. The van der Waals surface area contributed by atoms with Gasteiger partial charge in [-0.05, 0) is 30.2 Å². The Hall–Kier alpha value is -1.39. The third kappa shape index (κ3) is 6.07. The molecule has 2 heterocycles. The predicted molar refractivity (Wildman–Crippen MR) is 116 cm³/mol. The molecule has 30 heavy (non-hydrogen) atoms. The van der Waals surface area contributed by atoms with Gasteiger partial charge in [0, 0.05) is 57.4 Å².